The molecule has 0 unspecified atom stereocenters. The third kappa shape index (κ3) is 5.34. The Morgan fingerprint density at radius 1 is 1.00 bits per heavy atom. The molecule has 12 heteroatoms. The largest absolute Gasteiger partial charge is 0.491 e. The summed E-state index contributed by atoms with van der Waals surface area (Å²) in [6.45, 7) is 0.970. The molecule has 214 valence electrons. The third-order valence-corrected chi connectivity index (χ3v) is 6.42. The van der Waals surface area contributed by atoms with E-state index >= 15 is 4.39 Å². The van der Waals surface area contributed by atoms with Crippen LogP contribution in [-0.2, 0) is 6.61 Å². The Labute approximate surface area is 237 Å². The van der Waals surface area contributed by atoms with Gasteiger partial charge < -0.3 is 29.6 Å². The number of methoxy groups -OCH3 is 2. The Hall–Kier alpha value is -5.36. The summed E-state index contributed by atoms with van der Waals surface area (Å²) in [5.41, 5.74) is 0.609. The number of amides is 1. The average Bonchev–Trinajstić information content (AvgIpc) is 2.98. The van der Waals surface area contributed by atoms with Crippen molar-refractivity contribution in [3.05, 3.63) is 99.6 Å². The molecule has 0 atom stereocenters. The van der Waals surface area contributed by atoms with Crippen molar-refractivity contribution in [2.75, 3.05) is 19.5 Å². The van der Waals surface area contributed by atoms with Gasteiger partial charge in [-0.15, -0.1) is 0 Å². The predicted molar refractivity (Wildman–Crippen MR) is 150 cm³/mol. The highest BCUT2D eigenvalue weighted by Crippen LogP contribution is 2.35. The van der Waals surface area contributed by atoms with Gasteiger partial charge in [-0.2, -0.15) is 0 Å². The molecule has 3 heterocycles. The molecule has 0 saturated heterocycles. The molecular formula is C30H24F2N4O6. The first-order valence-corrected chi connectivity index (χ1v) is 12.5. The molecular weight excluding hydrogens is 550 g/mol. The van der Waals surface area contributed by atoms with Gasteiger partial charge in [0, 0.05) is 41.3 Å². The van der Waals surface area contributed by atoms with E-state index in [1.54, 1.807) is 13.0 Å². The number of hydrogen-bond donors (Lipinski definition) is 3. The summed E-state index contributed by atoms with van der Waals surface area (Å²) in [4.78, 5) is 38.1. The number of aliphatic hydroxyl groups excluding tert-OH is 1. The number of pyridine rings is 3. The van der Waals surface area contributed by atoms with Gasteiger partial charge in [-0.05, 0) is 36.8 Å². The number of ether oxygens (including phenoxy) is 3. The van der Waals surface area contributed by atoms with Crippen LogP contribution in [0.1, 0.15) is 21.7 Å². The lowest BCUT2D eigenvalue weighted by Crippen LogP contribution is -2.27. The molecule has 5 aromatic rings. The van der Waals surface area contributed by atoms with Crippen molar-refractivity contribution in [3.8, 4) is 34.3 Å². The van der Waals surface area contributed by atoms with E-state index in [4.69, 9.17) is 14.2 Å². The van der Waals surface area contributed by atoms with Gasteiger partial charge in [-0.25, -0.2) is 13.8 Å². The summed E-state index contributed by atoms with van der Waals surface area (Å²) in [5, 5.41) is 12.3. The first-order chi connectivity index (χ1) is 20.2. The van der Waals surface area contributed by atoms with Crippen molar-refractivity contribution in [3.63, 3.8) is 0 Å². The van der Waals surface area contributed by atoms with Gasteiger partial charge in [0.2, 0.25) is 5.43 Å². The number of halogens is 2. The SMILES string of the molecule is COc1cc2nccc(Oc3ccc(NC(=O)c4c(CO)[nH]c(C)c(-c5ccc(F)cc5)c4=O)cc3F)c2nc1OC. The fourth-order valence-corrected chi connectivity index (χ4v) is 4.47. The number of aryl methyl sites for hydroxylation is 1. The van der Waals surface area contributed by atoms with Gasteiger partial charge >= 0.3 is 0 Å². The van der Waals surface area contributed by atoms with Gasteiger partial charge in [0.1, 0.15) is 16.9 Å². The third-order valence-electron chi connectivity index (χ3n) is 6.42. The number of aromatic amines is 1. The summed E-state index contributed by atoms with van der Waals surface area (Å²) in [5.74, 6) is -1.59. The van der Waals surface area contributed by atoms with Crippen LogP contribution < -0.4 is 25.0 Å². The second-order valence-electron chi connectivity index (χ2n) is 9.05. The molecule has 3 N–H and O–H groups in total. The second-order valence-corrected chi connectivity index (χ2v) is 9.05. The van der Waals surface area contributed by atoms with Gasteiger partial charge in [0.15, 0.2) is 23.1 Å². The van der Waals surface area contributed by atoms with Gasteiger partial charge in [-0.1, -0.05) is 12.1 Å². The summed E-state index contributed by atoms with van der Waals surface area (Å²) >= 11 is 0. The maximum Gasteiger partial charge on any atom is 0.261 e. The Bertz CT molecular complexity index is 1880. The van der Waals surface area contributed by atoms with Crippen LogP contribution in [0.4, 0.5) is 14.5 Å². The van der Waals surface area contributed by atoms with E-state index in [1.165, 1.54) is 62.9 Å². The molecule has 0 aliphatic carbocycles. The zero-order valence-electron chi connectivity index (χ0n) is 22.6. The number of aromatic nitrogens is 3. The molecule has 0 aliphatic rings. The lowest BCUT2D eigenvalue weighted by atomic mass is 9.99. The minimum absolute atomic E-state index is 0.0228. The van der Waals surface area contributed by atoms with E-state index in [9.17, 15) is 19.1 Å². The van der Waals surface area contributed by atoms with Crippen molar-refractivity contribution < 1.29 is 32.9 Å². The number of hydrogen-bond acceptors (Lipinski definition) is 8. The molecule has 3 aromatic heterocycles. The molecule has 0 spiro atoms. The normalized spacial score (nSPS) is 10.9. The summed E-state index contributed by atoms with van der Waals surface area (Å²) in [6.07, 6.45) is 1.47. The summed E-state index contributed by atoms with van der Waals surface area (Å²) < 4.78 is 44.9. The maximum atomic E-state index is 15.2. The van der Waals surface area contributed by atoms with Crippen molar-refractivity contribution in [1.29, 1.82) is 0 Å². The van der Waals surface area contributed by atoms with Crippen molar-refractivity contribution in [2.24, 2.45) is 0 Å². The Kier molecular flexibility index (Phi) is 7.80. The maximum absolute atomic E-state index is 15.2. The highest BCUT2D eigenvalue weighted by Gasteiger charge is 2.22. The quantitative estimate of drug-likeness (QED) is 0.232. The van der Waals surface area contributed by atoms with E-state index < -0.39 is 29.6 Å². The van der Waals surface area contributed by atoms with E-state index in [2.05, 4.69) is 20.3 Å². The number of rotatable bonds is 8. The van der Waals surface area contributed by atoms with Crippen LogP contribution in [0.2, 0.25) is 0 Å². The monoisotopic (exact) mass is 574 g/mol. The van der Waals surface area contributed by atoms with E-state index in [-0.39, 0.29) is 39.9 Å². The Balaban J connectivity index is 1.44. The highest BCUT2D eigenvalue weighted by atomic mass is 19.1. The van der Waals surface area contributed by atoms with Crippen molar-refractivity contribution in [1.82, 2.24) is 15.0 Å². The van der Waals surface area contributed by atoms with E-state index in [1.807, 2.05) is 0 Å². The van der Waals surface area contributed by atoms with E-state index in [0.29, 0.717) is 28.0 Å². The van der Waals surface area contributed by atoms with Crippen LogP contribution in [0.25, 0.3) is 22.2 Å². The molecule has 2 aromatic carbocycles. The predicted octanol–water partition coefficient (Wildman–Crippen LogP) is 5.13. The van der Waals surface area contributed by atoms with Crippen LogP contribution >= 0.6 is 0 Å². The molecule has 0 fully saturated rings. The van der Waals surface area contributed by atoms with Crippen LogP contribution in [0.3, 0.4) is 0 Å². The van der Waals surface area contributed by atoms with Crippen LogP contribution in [0.5, 0.6) is 23.1 Å². The zero-order chi connectivity index (χ0) is 30.0. The van der Waals surface area contributed by atoms with Gasteiger partial charge in [0.25, 0.3) is 11.8 Å². The fraction of sp³-hybridized carbons (Fsp3) is 0.133. The number of anilines is 1. The zero-order valence-corrected chi connectivity index (χ0v) is 22.6. The number of fused-ring (bicyclic) bond motifs is 1. The van der Waals surface area contributed by atoms with Gasteiger partial charge in [-0.3, -0.25) is 14.6 Å². The number of nitrogens with zero attached hydrogens (tertiary/aromatic N) is 2. The second kappa shape index (κ2) is 11.6. The van der Waals surface area contributed by atoms with Crippen molar-refractivity contribution >= 4 is 22.6 Å². The number of H-pyrrole nitrogens is 1. The molecule has 5 rings (SSSR count). The molecule has 42 heavy (non-hydrogen) atoms. The molecule has 0 saturated carbocycles. The number of nitrogens with one attached hydrogen (secondary N) is 2. The topological polar surface area (TPSA) is 136 Å². The molecule has 0 radical (unpaired) electrons. The number of aliphatic hydroxyl groups is 1. The molecule has 0 bridgehead atoms. The van der Waals surface area contributed by atoms with Crippen molar-refractivity contribution in [2.45, 2.75) is 13.5 Å². The fourth-order valence-electron chi connectivity index (χ4n) is 4.47. The number of benzene rings is 2. The minimum Gasteiger partial charge on any atom is -0.491 e. The van der Waals surface area contributed by atoms with Crippen LogP contribution in [0.15, 0.2) is 65.6 Å². The first kappa shape index (κ1) is 28.2. The van der Waals surface area contributed by atoms with Crippen LogP contribution in [0, 0.1) is 18.6 Å². The number of carbonyl (C=O) groups is 1. The smallest absolute Gasteiger partial charge is 0.261 e. The standard InChI is InChI=1S/C30H24F2N4O6/c1-15-25(16-4-6-17(31)7-5-16)28(38)26(21(14-37)34-15)29(39)35-18-8-9-22(19(32)12-18)42-23-10-11-33-20-13-24(40-2)30(41-3)36-27(20)23/h4-13,37H,14H2,1-3H3,(H,34,38)(H,35,39). The summed E-state index contributed by atoms with van der Waals surface area (Å²) in [7, 11) is 2.89. The van der Waals surface area contributed by atoms with Crippen LogP contribution in [-0.4, -0.2) is 40.2 Å². The highest BCUT2D eigenvalue weighted by molar-refractivity contribution is 6.05. The lowest BCUT2D eigenvalue weighted by molar-refractivity contribution is 0.102. The number of carbonyl (C=O) groups excluding carboxylic acids is 1. The Morgan fingerprint density at radius 2 is 1.76 bits per heavy atom. The molecule has 1 amide bonds. The molecule has 10 nitrogen and oxygen atoms in total. The average molecular weight is 575 g/mol. The van der Waals surface area contributed by atoms with E-state index in [0.717, 1.165) is 6.07 Å². The first-order valence-electron chi connectivity index (χ1n) is 12.5. The lowest BCUT2D eigenvalue weighted by Gasteiger charge is -2.14. The Morgan fingerprint density at radius 3 is 2.43 bits per heavy atom. The summed E-state index contributed by atoms with van der Waals surface area (Å²) in [6, 6.07) is 12.0. The molecule has 0 aliphatic heterocycles. The minimum atomic E-state index is -0.873. The van der Waals surface area contributed by atoms with Gasteiger partial charge in [0.05, 0.1) is 32.0 Å².